The number of hydrogen-bond acceptors (Lipinski definition) is 4. The summed E-state index contributed by atoms with van der Waals surface area (Å²) >= 11 is 1.63. The predicted molar refractivity (Wildman–Crippen MR) is 94.1 cm³/mol. The maximum absolute atomic E-state index is 5.27. The molecule has 4 heteroatoms. The maximum Gasteiger partial charge on any atom is 0.121 e. The molecular weight excluding hydrogens is 292 g/mol. The Labute approximate surface area is 134 Å². The van der Waals surface area contributed by atoms with Crippen LogP contribution in [0.1, 0.15) is 5.56 Å². The Bertz CT molecular complexity index is 772. The third-order valence-corrected chi connectivity index (χ3v) is 4.07. The van der Waals surface area contributed by atoms with Crippen molar-refractivity contribution in [2.24, 2.45) is 0 Å². The third-order valence-electron chi connectivity index (χ3n) is 3.64. The van der Waals surface area contributed by atoms with Crippen molar-refractivity contribution in [3.8, 4) is 16.9 Å². The fraction of sp³-hybridized carbons (Fsp3) is 0.167. The van der Waals surface area contributed by atoms with Crippen LogP contribution < -0.4 is 9.46 Å². The number of methoxy groups -OCH3 is 1. The molecule has 0 aliphatic heterocycles. The van der Waals surface area contributed by atoms with Crippen LogP contribution >= 0.6 is 11.9 Å². The highest BCUT2D eigenvalue weighted by Crippen LogP contribution is 2.29. The molecule has 0 saturated heterocycles. The van der Waals surface area contributed by atoms with E-state index in [1.54, 1.807) is 19.1 Å². The number of ether oxygens (including phenoxy) is 1. The molecule has 0 aliphatic rings. The summed E-state index contributed by atoms with van der Waals surface area (Å²) in [4.78, 5) is 4.44. The Hall–Kier alpha value is -2.04. The third kappa shape index (κ3) is 3.08. The van der Waals surface area contributed by atoms with Gasteiger partial charge in [0, 0.05) is 24.2 Å². The summed E-state index contributed by atoms with van der Waals surface area (Å²) in [7, 11) is 1.67. The first kappa shape index (κ1) is 14.9. The van der Waals surface area contributed by atoms with E-state index in [0.29, 0.717) is 0 Å². The van der Waals surface area contributed by atoms with Crippen molar-refractivity contribution < 1.29 is 4.74 Å². The quantitative estimate of drug-likeness (QED) is 0.713. The fourth-order valence-electron chi connectivity index (χ4n) is 2.46. The number of nitrogens with zero attached hydrogens (tertiary/aromatic N) is 1. The van der Waals surface area contributed by atoms with E-state index in [1.165, 1.54) is 16.7 Å². The van der Waals surface area contributed by atoms with Gasteiger partial charge in [0.2, 0.25) is 0 Å². The number of aromatic nitrogens is 1. The second kappa shape index (κ2) is 6.81. The lowest BCUT2D eigenvalue weighted by Crippen LogP contribution is -2.01. The molecule has 0 bridgehead atoms. The van der Waals surface area contributed by atoms with Crippen LogP contribution in [0.15, 0.2) is 54.7 Å². The summed E-state index contributed by atoms with van der Waals surface area (Å²) in [6.45, 7) is 0.871. The molecule has 0 fully saturated rings. The van der Waals surface area contributed by atoms with Crippen LogP contribution in [0.4, 0.5) is 0 Å². The largest absolute Gasteiger partial charge is 0.497 e. The van der Waals surface area contributed by atoms with Crippen molar-refractivity contribution >= 4 is 22.9 Å². The molecule has 112 valence electrons. The summed E-state index contributed by atoms with van der Waals surface area (Å²) in [6, 6.07) is 16.7. The van der Waals surface area contributed by atoms with E-state index in [0.717, 1.165) is 23.2 Å². The smallest absolute Gasteiger partial charge is 0.121 e. The van der Waals surface area contributed by atoms with Gasteiger partial charge in [0.25, 0.3) is 0 Å². The van der Waals surface area contributed by atoms with Crippen LogP contribution in [0.3, 0.4) is 0 Å². The first-order chi connectivity index (χ1) is 10.8. The van der Waals surface area contributed by atoms with Gasteiger partial charge in [-0.1, -0.05) is 36.2 Å². The van der Waals surface area contributed by atoms with Gasteiger partial charge in [-0.2, -0.15) is 0 Å². The van der Waals surface area contributed by atoms with Gasteiger partial charge in [-0.25, -0.2) is 0 Å². The second-order valence-corrected chi connectivity index (χ2v) is 5.66. The zero-order chi connectivity index (χ0) is 15.4. The van der Waals surface area contributed by atoms with Crippen LogP contribution in [0.5, 0.6) is 5.75 Å². The second-order valence-electron chi connectivity index (χ2n) is 4.96. The Morgan fingerprint density at radius 3 is 2.64 bits per heavy atom. The highest BCUT2D eigenvalue weighted by molar-refractivity contribution is 7.96. The highest BCUT2D eigenvalue weighted by atomic mass is 32.2. The number of pyridine rings is 1. The zero-order valence-corrected chi connectivity index (χ0v) is 13.5. The van der Waals surface area contributed by atoms with Gasteiger partial charge >= 0.3 is 0 Å². The van der Waals surface area contributed by atoms with E-state index in [9.17, 15) is 0 Å². The van der Waals surface area contributed by atoms with Crippen molar-refractivity contribution in [1.29, 1.82) is 0 Å². The molecule has 22 heavy (non-hydrogen) atoms. The summed E-state index contributed by atoms with van der Waals surface area (Å²) in [5.74, 6) is 0.829. The zero-order valence-electron chi connectivity index (χ0n) is 12.7. The summed E-state index contributed by atoms with van der Waals surface area (Å²) in [5.41, 5.74) is 4.62. The molecule has 0 aliphatic carbocycles. The van der Waals surface area contributed by atoms with Gasteiger partial charge in [0.05, 0.1) is 12.6 Å². The number of fused-ring (bicyclic) bond motifs is 1. The van der Waals surface area contributed by atoms with Crippen LogP contribution in [-0.4, -0.2) is 18.3 Å². The minimum absolute atomic E-state index is 0.829. The molecule has 0 saturated carbocycles. The molecular formula is C18H18N2OS. The average molecular weight is 310 g/mol. The van der Waals surface area contributed by atoms with Crippen molar-refractivity contribution in [2.45, 2.75) is 6.54 Å². The van der Waals surface area contributed by atoms with E-state index < -0.39 is 0 Å². The lowest BCUT2D eigenvalue weighted by Gasteiger charge is -2.09. The molecule has 3 rings (SSSR count). The van der Waals surface area contributed by atoms with Crippen molar-refractivity contribution in [3.05, 3.63) is 60.3 Å². The van der Waals surface area contributed by atoms with Crippen LogP contribution in [0, 0.1) is 0 Å². The molecule has 1 aromatic heterocycles. The number of nitrogens with one attached hydrogen (secondary N) is 1. The fourth-order valence-corrected chi connectivity index (χ4v) is 2.78. The van der Waals surface area contributed by atoms with Gasteiger partial charge in [-0.15, -0.1) is 0 Å². The van der Waals surface area contributed by atoms with Crippen LogP contribution in [0.25, 0.3) is 22.0 Å². The minimum Gasteiger partial charge on any atom is -0.497 e. The monoisotopic (exact) mass is 310 g/mol. The minimum atomic E-state index is 0.829. The molecule has 1 heterocycles. The van der Waals surface area contributed by atoms with E-state index in [-0.39, 0.29) is 0 Å². The molecule has 1 N–H and O–H groups in total. The van der Waals surface area contributed by atoms with Gasteiger partial charge in [-0.05, 0) is 41.1 Å². The molecule has 0 radical (unpaired) electrons. The van der Waals surface area contributed by atoms with Crippen molar-refractivity contribution in [1.82, 2.24) is 9.71 Å². The van der Waals surface area contributed by atoms with E-state index in [2.05, 4.69) is 46.1 Å². The Morgan fingerprint density at radius 2 is 1.91 bits per heavy atom. The number of hydrogen-bond donors (Lipinski definition) is 1. The topological polar surface area (TPSA) is 34.1 Å². The van der Waals surface area contributed by atoms with Crippen LogP contribution in [-0.2, 0) is 6.54 Å². The Balaban J connectivity index is 1.99. The van der Waals surface area contributed by atoms with Gasteiger partial charge < -0.3 is 4.74 Å². The first-order valence-electron chi connectivity index (χ1n) is 7.10. The molecule has 3 nitrogen and oxygen atoms in total. The molecule has 0 amide bonds. The average Bonchev–Trinajstić information content (AvgIpc) is 2.59. The van der Waals surface area contributed by atoms with E-state index in [1.807, 2.05) is 24.6 Å². The highest BCUT2D eigenvalue weighted by Gasteiger charge is 2.06. The van der Waals surface area contributed by atoms with E-state index >= 15 is 0 Å². The molecule has 3 aromatic rings. The van der Waals surface area contributed by atoms with Gasteiger partial charge in [0.1, 0.15) is 5.75 Å². The molecule has 0 spiro atoms. The summed E-state index contributed by atoms with van der Waals surface area (Å²) in [6.07, 6.45) is 3.88. The number of benzene rings is 2. The standard InChI is InChI=1S/C18H18N2OS/c1-21-15-7-8-17-16(9-10-19-18(17)11-15)14-5-3-13(4-6-14)12-20-22-2/h3-11,20H,12H2,1-2H3. The van der Waals surface area contributed by atoms with E-state index in [4.69, 9.17) is 4.74 Å². The lowest BCUT2D eigenvalue weighted by molar-refractivity contribution is 0.415. The first-order valence-corrected chi connectivity index (χ1v) is 8.32. The normalized spacial score (nSPS) is 10.8. The molecule has 0 atom stereocenters. The maximum atomic E-state index is 5.27. The van der Waals surface area contributed by atoms with Gasteiger partial charge in [-0.3, -0.25) is 9.71 Å². The molecule has 2 aromatic carbocycles. The number of rotatable bonds is 5. The molecule has 0 unspecified atom stereocenters. The lowest BCUT2D eigenvalue weighted by atomic mass is 10.00. The Kier molecular flexibility index (Phi) is 4.61. The Morgan fingerprint density at radius 1 is 1.09 bits per heavy atom. The predicted octanol–water partition coefficient (Wildman–Crippen LogP) is 4.28. The van der Waals surface area contributed by atoms with Crippen molar-refractivity contribution in [3.63, 3.8) is 0 Å². The van der Waals surface area contributed by atoms with Gasteiger partial charge in [0.15, 0.2) is 0 Å². The van der Waals surface area contributed by atoms with Crippen molar-refractivity contribution in [2.75, 3.05) is 13.4 Å². The van der Waals surface area contributed by atoms with Crippen LogP contribution in [0.2, 0.25) is 0 Å². The SMILES string of the molecule is COc1ccc2c(-c3ccc(CNSC)cc3)ccnc2c1. The summed E-state index contributed by atoms with van der Waals surface area (Å²) in [5, 5.41) is 1.14. The summed E-state index contributed by atoms with van der Waals surface area (Å²) < 4.78 is 8.53.